The summed E-state index contributed by atoms with van der Waals surface area (Å²) >= 11 is 1.59. The lowest BCUT2D eigenvalue weighted by Gasteiger charge is -2.29. The number of urea groups is 1. The fraction of sp³-hybridized carbons (Fsp3) is 0.400. The molecule has 0 saturated carbocycles. The standard InChI is InChI=1S/C20H22N4O4S/c1-28-14-4-2-3-13(11-14)19-22-15-6-9-23(12-16(15)29-19)17(25)7-10-24-18(26)5-8-21-20(24)27/h2-4,11H,5-10,12H2,1H3,(H,21,27). The molecule has 1 fully saturated rings. The molecule has 2 aromatic rings. The summed E-state index contributed by atoms with van der Waals surface area (Å²) in [7, 11) is 1.64. The maximum absolute atomic E-state index is 12.6. The Labute approximate surface area is 172 Å². The minimum atomic E-state index is -0.416. The van der Waals surface area contributed by atoms with Crippen LogP contribution in [0.2, 0.25) is 0 Å². The molecule has 0 aliphatic carbocycles. The Kier molecular flexibility index (Phi) is 5.48. The Morgan fingerprint density at radius 3 is 2.97 bits per heavy atom. The van der Waals surface area contributed by atoms with Crippen molar-refractivity contribution in [2.45, 2.75) is 25.8 Å². The molecule has 9 heteroatoms. The first kappa shape index (κ1) is 19.4. The minimum absolute atomic E-state index is 0.0573. The van der Waals surface area contributed by atoms with E-state index in [9.17, 15) is 14.4 Å². The molecule has 1 aromatic carbocycles. The highest BCUT2D eigenvalue weighted by atomic mass is 32.1. The lowest BCUT2D eigenvalue weighted by molar-refractivity contribution is -0.133. The highest BCUT2D eigenvalue weighted by Crippen LogP contribution is 2.33. The number of hydrogen-bond acceptors (Lipinski definition) is 6. The van der Waals surface area contributed by atoms with Gasteiger partial charge in [0.2, 0.25) is 11.8 Å². The Morgan fingerprint density at radius 2 is 2.17 bits per heavy atom. The lowest BCUT2D eigenvalue weighted by Crippen LogP contribution is -2.51. The molecule has 0 bridgehead atoms. The van der Waals surface area contributed by atoms with E-state index in [1.807, 2.05) is 24.3 Å². The number of imide groups is 1. The van der Waals surface area contributed by atoms with Crippen molar-refractivity contribution in [1.29, 1.82) is 0 Å². The van der Waals surface area contributed by atoms with Crippen LogP contribution in [0.15, 0.2) is 24.3 Å². The van der Waals surface area contributed by atoms with Gasteiger partial charge in [-0.05, 0) is 12.1 Å². The second kappa shape index (κ2) is 8.20. The quantitative estimate of drug-likeness (QED) is 0.808. The zero-order valence-electron chi connectivity index (χ0n) is 16.1. The number of ether oxygens (including phenoxy) is 1. The topological polar surface area (TPSA) is 91.8 Å². The van der Waals surface area contributed by atoms with Crippen molar-refractivity contribution in [3.05, 3.63) is 34.8 Å². The molecule has 1 saturated heterocycles. The number of carbonyl (C=O) groups is 3. The highest BCUT2D eigenvalue weighted by molar-refractivity contribution is 7.15. The van der Waals surface area contributed by atoms with Crippen molar-refractivity contribution < 1.29 is 19.1 Å². The van der Waals surface area contributed by atoms with Crippen LogP contribution in [-0.4, -0.2) is 59.4 Å². The second-order valence-corrected chi connectivity index (χ2v) is 8.05. The van der Waals surface area contributed by atoms with E-state index < -0.39 is 6.03 Å². The van der Waals surface area contributed by atoms with Gasteiger partial charge in [0.05, 0.1) is 19.3 Å². The van der Waals surface area contributed by atoms with Gasteiger partial charge in [-0.1, -0.05) is 12.1 Å². The Bertz CT molecular complexity index is 942. The number of carbonyl (C=O) groups excluding carboxylic acids is 3. The summed E-state index contributed by atoms with van der Waals surface area (Å²) < 4.78 is 5.29. The number of hydrogen-bond donors (Lipinski definition) is 1. The number of benzene rings is 1. The normalized spacial score (nSPS) is 16.4. The third-order valence-electron chi connectivity index (χ3n) is 5.11. The molecule has 0 radical (unpaired) electrons. The number of nitrogens with zero attached hydrogens (tertiary/aromatic N) is 3. The van der Waals surface area contributed by atoms with Crippen LogP contribution in [0.3, 0.4) is 0 Å². The lowest BCUT2D eigenvalue weighted by atomic mass is 10.1. The van der Waals surface area contributed by atoms with E-state index in [1.165, 1.54) is 0 Å². The van der Waals surface area contributed by atoms with Gasteiger partial charge in [-0.3, -0.25) is 14.5 Å². The van der Waals surface area contributed by atoms with Gasteiger partial charge in [0.15, 0.2) is 0 Å². The molecule has 4 amide bonds. The zero-order chi connectivity index (χ0) is 20.4. The van der Waals surface area contributed by atoms with Gasteiger partial charge in [0, 0.05) is 49.3 Å². The van der Waals surface area contributed by atoms with Crippen molar-refractivity contribution in [3.8, 4) is 16.3 Å². The van der Waals surface area contributed by atoms with Gasteiger partial charge in [0.1, 0.15) is 10.8 Å². The summed E-state index contributed by atoms with van der Waals surface area (Å²) in [5.74, 6) is 0.495. The SMILES string of the molecule is COc1cccc(-c2nc3c(s2)CN(C(=O)CCN2C(=O)CCNC2=O)CC3)c1. The highest BCUT2D eigenvalue weighted by Gasteiger charge is 2.28. The molecule has 3 heterocycles. The average molecular weight is 414 g/mol. The number of thiazole rings is 1. The van der Waals surface area contributed by atoms with Crippen molar-refractivity contribution in [2.24, 2.45) is 0 Å². The Balaban J connectivity index is 1.40. The predicted molar refractivity (Wildman–Crippen MR) is 108 cm³/mol. The van der Waals surface area contributed by atoms with Crippen molar-refractivity contribution >= 4 is 29.2 Å². The largest absolute Gasteiger partial charge is 0.497 e. The van der Waals surface area contributed by atoms with E-state index in [0.29, 0.717) is 26.1 Å². The van der Waals surface area contributed by atoms with Crippen LogP contribution in [0.4, 0.5) is 4.79 Å². The average Bonchev–Trinajstić information content (AvgIpc) is 3.16. The monoisotopic (exact) mass is 414 g/mol. The van der Waals surface area contributed by atoms with E-state index in [-0.39, 0.29) is 31.2 Å². The first-order valence-corrected chi connectivity index (χ1v) is 10.4. The van der Waals surface area contributed by atoms with E-state index in [2.05, 4.69) is 5.32 Å². The smallest absolute Gasteiger partial charge is 0.324 e. The molecular weight excluding hydrogens is 392 g/mol. The number of fused-ring (bicyclic) bond motifs is 1. The van der Waals surface area contributed by atoms with Gasteiger partial charge >= 0.3 is 6.03 Å². The van der Waals surface area contributed by atoms with Crippen LogP contribution in [0, 0.1) is 0 Å². The van der Waals surface area contributed by atoms with Crippen molar-refractivity contribution in [3.63, 3.8) is 0 Å². The van der Waals surface area contributed by atoms with Gasteiger partial charge < -0.3 is 15.0 Å². The van der Waals surface area contributed by atoms with Crippen molar-refractivity contribution in [2.75, 3.05) is 26.7 Å². The molecule has 8 nitrogen and oxygen atoms in total. The molecule has 152 valence electrons. The van der Waals surface area contributed by atoms with Gasteiger partial charge in [-0.15, -0.1) is 11.3 Å². The van der Waals surface area contributed by atoms with Gasteiger partial charge in [-0.2, -0.15) is 0 Å². The maximum Gasteiger partial charge on any atom is 0.324 e. The molecule has 0 spiro atoms. The zero-order valence-corrected chi connectivity index (χ0v) is 17.0. The van der Waals surface area contributed by atoms with E-state index in [4.69, 9.17) is 9.72 Å². The number of methoxy groups -OCH3 is 1. The third-order valence-corrected chi connectivity index (χ3v) is 6.24. The number of nitrogens with one attached hydrogen (secondary N) is 1. The van der Waals surface area contributed by atoms with Crippen LogP contribution in [-0.2, 0) is 22.6 Å². The molecule has 1 aromatic heterocycles. The fourth-order valence-electron chi connectivity index (χ4n) is 3.50. The molecule has 2 aliphatic rings. The minimum Gasteiger partial charge on any atom is -0.497 e. The summed E-state index contributed by atoms with van der Waals surface area (Å²) in [4.78, 5) is 45.0. The summed E-state index contributed by atoms with van der Waals surface area (Å²) in [5.41, 5.74) is 2.03. The number of amides is 4. The summed E-state index contributed by atoms with van der Waals surface area (Å²) in [6, 6.07) is 7.36. The van der Waals surface area contributed by atoms with Crippen molar-refractivity contribution in [1.82, 2.24) is 20.1 Å². The number of rotatable bonds is 5. The van der Waals surface area contributed by atoms with E-state index in [0.717, 1.165) is 31.8 Å². The molecule has 29 heavy (non-hydrogen) atoms. The second-order valence-electron chi connectivity index (χ2n) is 6.96. The Morgan fingerprint density at radius 1 is 1.31 bits per heavy atom. The molecule has 0 unspecified atom stereocenters. The van der Waals surface area contributed by atoms with Gasteiger partial charge in [-0.25, -0.2) is 9.78 Å². The third kappa shape index (κ3) is 4.09. The molecule has 0 atom stereocenters. The fourth-order valence-corrected chi connectivity index (χ4v) is 4.62. The summed E-state index contributed by atoms with van der Waals surface area (Å²) in [5, 5.41) is 3.55. The first-order chi connectivity index (χ1) is 14.0. The summed E-state index contributed by atoms with van der Waals surface area (Å²) in [6.45, 7) is 1.58. The van der Waals surface area contributed by atoms with Crippen LogP contribution < -0.4 is 10.1 Å². The summed E-state index contributed by atoms with van der Waals surface area (Å²) in [6.07, 6.45) is 1.11. The van der Waals surface area contributed by atoms with Gasteiger partial charge in [0.25, 0.3) is 0 Å². The maximum atomic E-state index is 12.6. The van der Waals surface area contributed by atoms with E-state index in [1.54, 1.807) is 23.3 Å². The van der Waals surface area contributed by atoms with Crippen LogP contribution in [0.25, 0.3) is 10.6 Å². The number of aromatic nitrogens is 1. The van der Waals surface area contributed by atoms with Crippen LogP contribution in [0.5, 0.6) is 5.75 Å². The molecular formula is C20H22N4O4S. The van der Waals surface area contributed by atoms with Crippen LogP contribution >= 0.6 is 11.3 Å². The Hall–Kier alpha value is -2.94. The molecule has 4 rings (SSSR count). The first-order valence-electron chi connectivity index (χ1n) is 9.54. The molecule has 2 aliphatic heterocycles. The van der Waals surface area contributed by atoms with Crippen LogP contribution in [0.1, 0.15) is 23.4 Å². The molecule has 1 N–H and O–H groups in total. The van der Waals surface area contributed by atoms with E-state index >= 15 is 0 Å². The predicted octanol–water partition coefficient (Wildman–Crippen LogP) is 2.04.